The minimum Gasteiger partial charge on any atom is -0.543 e. The number of aryl methyl sites for hydroxylation is 1. The van der Waals surface area contributed by atoms with Crippen LogP contribution >= 0.6 is 22.6 Å². The number of aromatic nitrogens is 1. The SMILES string of the molecule is Cn1cc(I)cc1C(=O)[O-]. The van der Waals surface area contributed by atoms with Crippen LogP contribution in [0.25, 0.3) is 0 Å². The molecular weight excluding hydrogens is 245 g/mol. The van der Waals surface area contributed by atoms with E-state index in [9.17, 15) is 9.90 Å². The second-order valence-corrected chi connectivity index (χ2v) is 3.19. The highest BCUT2D eigenvalue weighted by Gasteiger charge is 1.99. The van der Waals surface area contributed by atoms with Gasteiger partial charge in [0.25, 0.3) is 0 Å². The monoisotopic (exact) mass is 250 g/mol. The van der Waals surface area contributed by atoms with Gasteiger partial charge in [-0.3, -0.25) is 0 Å². The topological polar surface area (TPSA) is 45.1 Å². The molecule has 0 fully saturated rings. The van der Waals surface area contributed by atoms with E-state index in [1.165, 1.54) is 4.57 Å². The number of rotatable bonds is 1. The van der Waals surface area contributed by atoms with Gasteiger partial charge in [0.15, 0.2) is 0 Å². The standard InChI is InChI=1S/C6H6INO2/c1-8-3-4(7)2-5(8)6(9)10/h2-3H,1H3,(H,9,10)/p-1. The zero-order valence-electron chi connectivity index (χ0n) is 5.30. The molecule has 54 valence electrons. The Morgan fingerprint density at radius 2 is 2.40 bits per heavy atom. The smallest absolute Gasteiger partial charge is 0.0880 e. The highest BCUT2D eigenvalue weighted by molar-refractivity contribution is 14.1. The number of nitrogens with zero attached hydrogens (tertiary/aromatic N) is 1. The van der Waals surface area contributed by atoms with Gasteiger partial charge >= 0.3 is 0 Å². The number of carboxylic acid groups (broad SMARTS) is 1. The van der Waals surface area contributed by atoms with Crippen molar-refractivity contribution in [3.8, 4) is 0 Å². The molecule has 0 saturated carbocycles. The predicted molar refractivity (Wildman–Crippen MR) is 42.5 cm³/mol. The van der Waals surface area contributed by atoms with Crippen molar-refractivity contribution in [2.24, 2.45) is 7.05 Å². The first-order valence-electron chi connectivity index (χ1n) is 2.64. The fourth-order valence-electron chi connectivity index (χ4n) is 0.727. The number of carboxylic acids is 1. The van der Waals surface area contributed by atoms with E-state index >= 15 is 0 Å². The summed E-state index contributed by atoms with van der Waals surface area (Å²) >= 11 is 2.05. The highest BCUT2D eigenvalue weighted by atomic mass is 127. The van der Waals surface area contributed by atoms with Crippen LogP contribution in [0.4, 0.5) is 0 Å². The molecule has 0 aliphatic heterocycles. The van der Waals surface area contributed by atoms with Crippen molar-refractivity contribution >= 4 is 28.6 Å². The van der Waals surface area contributed by atoms with E-state index in [0.29, 0.717) is 0 Å². The first-order valence-corrected chi connectivity index (χ1v) is 3.72. The van der Waals surface area contributed by atoms with Gasteiger partial charge in [-0.25, -0.2) is 0 Å². The Bertz CT molecular complexity index is 267. The van der Waals surface area contributed by atoms with Crippen LogP contribution in [0.1, 0.15) is 10.5 Å². The second-order valence-electron chi connectivity index (χ2n) is 1.94. The quantitative estimate of drug-likeness (QED) is 0.658. The first kappa shape index (κ1) is 7.59. The molecule has 0 aliphatic rings. The number of hydrogen-bond donors (Lipinski definition) is 0. The zero-order chi connectivity index (χ0) is 7.72. The van der Waals surface area contributed by atoms with E-state index in [1.54, 1.807) is 19.3 Å². The molecule has 1 aromatic heterocycles. The Kier molecular flexibility index (Phi) is 1.98. The molecule has 0 amide bonds. The summed E-state index contributed by atoms with van der Waals surface area (Å²) in [6.07, 6.45) is 1.73. The van der Waals surface area contributed by atoms with Crippen molar-refractivity contribution < 1.29 is 9.90 Å². The lowest BCUT2D eigenvalue weighted by Crippen LogP contribution is -2.24. The van der Waals surface area contributed by atoms with Gasteiger partial charge in [0.05, 0.1) is 11.7 Å². The predicted octanol–water partition coefficient (Wildman–Crippen LogP) is -0.00680. The van der Waals surface area contributed by atoms with Crippen molar-refractivity contribution in [2.45, 2.75) is 0 Å². The summed E-state index contributed by atoms with van der Waals surface area (Å²) in [7, 11) is 1.67. The van der Waals surface area contributed by atoms with E-state index in [0.717, 1.165) is 3.57 Å². The van der Waals surface area contributed by atoms with Crippen molar-refractivity contribution in [2.75, 3.05) is 0 Å². The molecule has 0 atom stereocenters. The molecule has 0 radical (unpaired) electrons. The van der Waals surface area contributed by atoms with Gasteiger partial charge in [-0.1, -0.05) is 0 Å². The molecule has 1 rings (SSSR count). The Balaban J connectivity index is 3.15. The molecule has 4 heteroatoms. The highest BCUT2D eigenvalue weighted by Crippen LogP contribution is 2.08. The lowest BCUT2D eigenvalue weighted by atomic mass is 10.4. The molecule has 1 heterocycles. The van der Waals surface area contributed by atoms with Gasteiger partial charge in [-0.15, -0.1) is 0 Å². The van der Waals surface area contributed by atoms with Crippen LogP contribution in [0.15, 0.2) is 12.3 Å². The molecule has 0 spiro atoms. The van der Waals surface area contributed by atoms with Crippen LogP contribution in [0.2, 0.25) is 0 Å². The second kappa shape index (κ2) is 2.61. The number of halogens is 1. The first-order chi connectivity index (χ1) is 4.61. The average Bonchev–Trinajstić information content (AvgIpc) is 2.10. The van der Waals surface area contributed by atoms with Crippen LogP contribution in [0.5, 0.6) is 0 Å². The van der Waals surface area contributed by atoms with Crippen molar-refractivity contribution in [1.29, 1.82) is 0 Å². The zero-order valence-corrected chi connectivity index (χ0v) is 7.45. The third-order valence-corrected chi connectivity index (χ3v) is 1.77. The molecule has 0 saturated heterocycles. The van der Waals surface area contributed by atoms with Crippen LogP contribution in [-0.2, 0) is 7.05 Å². The largest absolute Gasteiger partial charge is 0.543 e. The fourth-order valence-corrected chi connectivity index (χ4v) is 1.44. The molecule has 0 bridgehead atoms. The summed E-state index contributed by atoms with van der Waals surface area (Å²) in [5.41, 5.74) is 0.212. The van der Waals surface area contributed by atoms with Crippen LogP contribution in [0, 0.1) is 3.57 Å². The van der Waals surface area contributed by atoms with E-state index in [-0.39, 0.29) is 5.69 Å². The van der Waals surface area contributed by atoms with Crippen LogP contribution in [0.3, 0.4) is 0 Å². The van der Waals surface area contributed by atoms with Crippen molar-refractivity contribution in [3.63, 3.8) is 0 Å². The summed E-state index contributed by atoms with van der Waals surface area (Å²) < 4.78 is 2.43. The average molecular weight is 250 g/mol. The molecule has 10 heavy (non-hydrogen) atoms. The Morgan fingerprint density at radius 1 is 1.80 bits per heavy atom. The van der Waals surface area contributed by atoms with E-state index in [4.69, 9.17) is 0 Å². The Labute approximate surface area is 71.8 Å². The molecule has 0 unspecified atom stereocenters. The molecule has 0 N–H and O–H groups in total. The van der Waals surface area contributed by atoms with Crippen molar-refractivity contribution in [3.05, 3.63) is 21.5 Å². The maximum absolute atomic E-state index is 10.3. The maximum Gasteiger partial charge on any atom is 0.0880 e. The summed E-state index contributed by atoms with van der Waals surface area (Å²) in [5.74, 6) is -1.13. The number of carbonyl (C=O) groups is 1. The number of carbonyl (C=O) groups excluding carboxylic acids is 1. The lowest BCUT2D eigenvalue weighted by molar-refractivity contribution is -0.255. The molecular formula is C6H5INO2-. The van der Waals surface area contributed by atoms with Crippen molar-refractivity contribution in [1.82, 2.24) is 4.57 Å². The number of hydrogen-bond acceptors (Lipinski definition) is 2. The van der Waals surface area contributed by atoms with Gasteiger partial charge in [0.1, 0.15) is 0 Å². The Hall–Kier alpha value is -0.520. The van der Waals surface area contributed by atoms with Gasteiger partial charge in [0, 0.05) is 16.8 Å². The van der Waals surface area contributed by atoms with Gasteiger partial charge in [-0.2, -0.15) is 0 Å². The lowest BCUT2D eigenvalue weighted by Gasteiger charge is -2.01. The van der Waals surface area contributed by atoms with Gasteiger partial charge in [0.2, 0.25) is 0 Å². The summed E-state index contributed by atoms with van der Waals surface area (Å²) in [4.78, 5) is 10.3. The number of aromatic carboxylic acids is 1. The summed E-state index contributed by atoms with van der Waals surface area (Å²) in [6, 6.07) is 1.57. The maximum atomic E-state index is 10.3. The molecule has 0 aliphatic carbocycles. The Morgan fingerprint density at radius 3 is 2.60 bits per heavy atom. The molecule has 3 nitrogen and oxygen atoms in total. The summed E-state index contributed by atoms with van der Waals surface area (Å²) in [5, 5.41) is 10.3. The van der Waals surface area contributed by atoms with Crippen LogP contribution in [-0.4, -0.2) is 10.5 Å². The fraction of sp³-hybridized carbons (Fsp3) is 0.167. The normalized spacial score (nSPS) is 9.80. The third-order valence-electron chi connectivity index (χ3n) is 1.18. The minimum atomic E-state index is -1.13. The molecule has 0 aromatic carbocycles. The third kappa shape index (κ3) is 1.31. The summed E-state index contributed by atoms with van der Waals surface area (Å²) in [6.45, 7) is 0. The molecule has 1 aromatic rings. The van der Waals surface area contributed by atoms with E-state index in [2.05, 4.69) is 0 Å². The van der Waals surface area contributed by atoms with Crippen LogP contribution < -0.4 is 5.11 Å². The van der Waals surface area contributed by atoms with E-state index < -0.39 is 5.97 Å². The minimum absolute atomic E-state index is 0.212. The van der Waals surface area contributed by atoms with Gasteiger partial charge < -0.3 is 14.5 Å². The van der Waals surface area contributed by atoms with E-state index in [1.807, 2.05) is 22.6 Å². The van der Waals surface area contributed by atoms with Gasteiger partial charge in [-0.05, 0) is 28.7 Å².